The fourth-order valence-electron chi connectivity index (χ4n) is 3.98. The maximum atomic E-state index is 12.6. The van der Waals surface area contributed by atoms with Crippen molar-refractivity contribution in [2.45, 2.75) is 18.3 Å². The number of fused-ring (bicyclic) bond motifs is 1. The molecule has 9 nitrogen and oxygen atoms in total. The number of H-pyrrole nitrogens is 2. The van der Waals surface area contributed by atoms with Crippen LogP contribution in [0.25, 0.3) is 11.0 Å². The molecule has 1 atom stereocenters. The van der Waals surface area contributed by atoms with Crippen LogP contribution in [0.4, 0.5) is 5.69 Å². The molecule has 0 radical (unpaired) electrons. The molecule has 2 aromatic heterocycles. The van der Waals surface area contributed by atoms with Gasteiger partial charge < -0.3 is 21.0 Å². The van der Waals surface area contributed by atoms with Crippen molar-refractivity contribution in [2.75, 3.05) is 25.0 Å². The Balaban J connectivity index is 1.47. The Labute approximate surface area is 166 Å². The molecular weight excluding hydrogens is 372 g/mol. The number of anilines is 1. The number of aromatic amines is 2. The third-order valence-corrected chi connectivity index (χ3v) is 5.37. The third kappa shape index (κ3) is 3.77. The molecule has 9 heteroatoms. The van der Waals surface area contributed by atoms with Gasteiger partial charge in [-0.15, -0.1) is 0 Å². The first kappa shape index (κ1) is 18.9. The molecule has 4 rings (SSSR count). The van der Waals surface area contributed by atoms with Crippen LogP contribution < -0.4 is 16.7 Å². The van der Waals surface area contributed by atoms with Crippen LogP contribution in [0.3, 0.4) is 0 Å². The smallest absolute Gasteiger partial charge is 0.323 e. The Morgan fingerprint density at radius 1 is 1.21 bits per heavy atom. The Morgan fingerprint density at radius 3 is 2.79 bits per heavy atom. The lowest BCUT2D eigenvalue weighted by molar-refractivity contribution is -0.127. The molecule has 0 unspecified atom stereocenters. The zero-order chi connectivity index (χ0) is 20.4. The summed E-state index contributed by atoms with van der Waals surface area (Å²) < 4.78 is 0. The topological polar surface area (TPSA) is 137 Å². The van der Waals surface area contributed by atoms with Crippen molar-refractivity contribution in [3.63, 3.8) is 0 Å². The van der Waals surface area contributed by atoms with Crippen LogP contribution in [0.2, 0.25) is 0 Å². The Morgan fingerprint density at radius 2 is 2.03 bits per heavy atom. The van der Waals surface area contributed by atoms with Gasteiger partial charge in [0.05, 0.1) is 23.3 Å². The normalized spacial score (nSPS) is 19.9. The van der Waals surface area contributed by atoms with Gasteiger partial charge in [-0.2, -0.15) is 0 Å². The summed E-state index contributed by atoms with van der Waals surface area (Å²) in [6.45, 7) is 1.17. The lowest BCUT2D eigenvalue weighted by atomic mass is 9.76. The van der Waals surface area contributed by atoms with Crippen LogP contribution in [0.1, 0.15) is 18.5 Å². The van der Waals surface area contributed by atoms with Crippen LogP contribution in [0, 0.1) is 0 Å². The van der Waals surface area contributed by atoms with E-state index in [1.54, 1.807) is 36.5 Å². The number of nitrogens with two attached hydrogens (primary N) is 1. The van der Waals surface area contributed by atoms with E-state index in [0.717, 1.165) is 6.42 Å². The summed E-state index contributed by atoms with van der Waals surface area (Å²) in [5.74, 6) is -0.633. The van der Waals surface area contributed by atoms with Gasteiger partial charge in [0.15, 0.2) is 0 Å². The molecule has 1 saturated heterocycles. The molecule has 3 aromatic rings. The van der Waals surface area contributed by atoms with E-state index < -0.39 is 11.3 Å². The quantitative estimate of drug-likeness (QED) is 0.505. The number of nitrogens with zero attached hydrogens (tertiary/aromatic N) is 2. The second-order valence-corrected chi connectivity index (χ2v) is 7.36. The van der Waals surface area contributed by atoms with Crippen molar-refractivity contribution in [2.24, 2.45) is 5.73 Å². The summed E-state index contributed by atoms with van der Waals surface area (Å²) in [5.41, 5.74) is 7.08. The molecule has 0 spiro atoms. The van der Waals surface area contributed by atoms with Crippen LogP contribution in [-0.4, -0.2) is 51.3 Å². The second kappa shape index (κ2) is 7.51. The minimum absolute atomic E-state index is 0.129. The predicted octanol–water partition coefficient (Wildman–Crippen LogP) is 0.709. The molecule has 0 saturated carbocycles. The zero-order valence-electron chi connectivity index (χ0n) is 15.8. The number of likely N-dealkylation sites (tertiary alicyclic amines) is 1. The molecule has 0 bridgehead atoms. The number of rotatable bonds is 5. The molecule has 1 fully saturated rings. The molecule has 1 aliphatic rings. The lowest BCUT2D eigenvalue weighted by Crippen LogP contribution is -2.55. The van der Waals surface area contributed by atoms with E-state index in [2.05, 4.69) is 20.3 Å². The van der Waals surface area contributed by atoms with Gasteiger partial charge in [0.2, 0.25) is 11.8 Å². The molecule has 3 heterocycles. The van der Waals surface area contributed by atoms with Crippen LogP contribution in [-0.2, 0) is 15.0 Å². The average molecular weight is 394 g/mol. The van der Waals surface area contributed by atoms with Crippen molar-refractivity contribution in [1.82, 2.24) is 19.9 Å². The third-order valence-electron chi connectivity index (χ3n) is 5.37. The molecule has 5 N–H and O–H groups in total. The molecule has 2 amide bonds. The molecule has 29 heavy (non-hydrogen) atoms. The number of nitrogens with one attached hydrogen (secondary N) is 3. The Kier molecular flexibility index (Phi) is 4.89. The SMILES string of the molecule is NC(=O)[C@@]1(c2ccccn2)CCCN(CC(=O)Nc2ccc3[nH]c(=O)[nH]c3c2)C1. The standard InChI is InChI=1S/C20H22N6O3/c21-18(28)20(16-4-1-2-8-22-16)7-3-9-26(12-20)11-17(27)23-13-5-6-14-15(10-13)25-19(29)24-14/h1-2,4-6,8,10H,3,7,9,11-12H2,(H2,21,28)(H,23,27)(H2,24,25,29)/t20-/m0/s1. The number of aromatic nitrogens is 3. The van der Waals surface area contributed by atoms with Crippen molar-refractivity contribution in [1.29, 1.82) is 0 Å². The first-order valence-corrected chi connectivity index (χ1v) is 9.42. The summed E-state index contributed by atoms with van der Waals surface area (Å²) in [6.07, 6.45) is 2.99. The van der Waals surface area contributed by atoms with Gasteiger partial charge in [0, 0.05) is 18.4 Å². The van der Waals surface area contributed by atoms with Gasteiger partial charge in [0.1, 0.15) is 5.41 Å². The fourth-order valence-corrected chi connectivity index (χ4v) is 3.98. The largest absolute Gasteiger partial charge is 0.369 e. The van der Waals surface area contributed by atoms with Crippen LogP contribution in [0.15, 0.2) is 47.4 Å². The first-order valence-electron chi connectivity index (χ1n) is 9.42. The maximum Gasteiger partial charge on any atom is 0.323 e. The van der Waals surface area contributed by atoms with Crippen molar-refractivity contribution < 1.29 is 9.59 Å². The van der Waals surface area contributed by atoms with E-state index in [-0.39, 0.29) is 18.1 Å². The monoisotopic (exact) mass is 394 g/mol. The van der Waals surface area contributed by atoms with E-state index in [9.17, 15) is 14.4 Å². The number of pyridine rings is 1. The molecular formula is C20H22N6O3. The van der Waals surface area contributed by atoms with Crippen molar-refractivity contribution in [3.05, 3.63) is 58.8 Å². The highest BCUT2D eigenvalue weighted by atomic mass is 16.2. The van der Waals surface area contributed by atoms with E-state index in [0.29, 0.717) is 41.9 Å². The van der Waals surface area contributed by atoms with Crippen molar-refractivity contribution in [3.8, 4) is 0 Å². The van der Waals surface area contributed by atoms with Gasteiger partial charge in [-0.05, 0) is 49.7 Å². The van der Waals surface area contributed by atoms with E-state index in [4.69, 9.17) is 5.73 Å². The van der Waals surface area contributed by atoms with Gasteiger partial charge in [-0.3, -0.25) is 19.5 Å². The van der Waals surface area contributed by atoms with E-state index in [1.165, 1.54) is 0 Å². The molecule has 0 aliphatic carbocycles. The molecule has 1 aliphatic heterocycles. The van der Waals surface area contributed by atoms with E-state index >= 15 is 0 Å². The maximum absolute atomic E-state index is 12.6. The first-order chi connectivity index (χ1) is 14.0. The van der Waals surface area contributed by atoms with Gasteiger partial charge >= 0.3 is 5.69 Å². The average Bonchev–Trinajstić information content (AvgIpc) is 3.08. The van der Waals surface area contributed by atoms with Crippen LogP contribution >= 0.6 is 0 Å². The summed E-state index contributed by atoms with van der Waals surface area (Å²) in [6, 6.07) is 10.6. The number of hydrogen-bond acceptors (Lipinski definition) is 5. The van der Waals surface area contributed by atoms with E-state index in [1.807, 2.05) is 11.0 Å². The Hall–Kier alpha value is -3.46. The minimum Gasteiger partial charge on any atom is -0.369 e. The summed E-state index contributed by atoms with van der Waals surface area (Å²) in [4.78, 5) is 47.9. The highest BCUT2D eigenvalue weighted by molar-refractivity contribution is 5.94. The number of amides is 2. The van der Waals surface area contributed by atoms with Gasteiger partial charge in [0.25, 0.3) is 0 Å². The number of piperidine rings is 1. The van der Waals surface area contributed by atoms with Crippen molar-refractivity contribution >= 4 is 28.5 Å². The molecule has 1 aromatic carbocycles. The summed E-state index contributed by atoms with van der Waals surface area (Å²) >= 11 is 0. The number of benzene rings is 1. The Bertz CT molecular complexity index is 1110. The minimum atomic E-state index is -0.899. The number of carbonyl (C=O) groups excluding carboxylic acids is 2. The highest BCUT2D eigenvalue weighted by Crippen LogP contribution is 2.32. The second-order valence-electron chi connectivity index (χ2n) is 7.36. The van der Waals surface area contributed by atoms with Gasteiger partial charge in [-0.25, -0.2) is 4.79 Å². The molecule has 150 valence electrons. The summed E-state index contributed by atoms with van der Waals surface area (Å²) in [7, 11) is 0. The lowest BCUT2D eigenvalue weighted by Gasteiger charge is -2.40. The van der Waals surface area contributed by atoms with Crippen LogP contribution in [0.5, 0.6) is 0 Å². The predicted molar refractivity (Wildman–Crippen MR) is 108 cm³/mol. The van der Waals surface area contributed by atoms with Gasteiger partial charge in [-0.1, -0.05) is 6.07 Å². The number of hydrogen-bond donors (Lipinski definition) is 4. The summed E-state index contributed by atoms with van der Waals surface area (Å²) in [5, 5.41) is 2.84. The number of imidazole rings is 1. The number of primary amides is 1. The number of carbonyl (C=O) groups is 2. The zero-order valence-corrected chi connectivity index (χ0v) is 15.8. The highest BCUT2D eigenvalue weighted by Gasteiger charge is 2.43. The fraction of sp³-hybridized carbons (Fsp3) is 0.300.